The van der Waals surface area contributed by atoms with Crippen LogP contribution in [-0.2, 0) is 6.42 Å². The van der Waals surface area contributed by atoms with Gasteiger partial charge in [0.1, 0.15) is 0 Å². The van der Waals surface area contributed by atoms with Crippen molar-refractivity contribution >= 4 is 0 Å². The highest BCUT2D eigenvalue weighted by Crippen LogP contribution is 1.89. The molecule has 1 aromatic heterocycles. The van der Waals surface area contributed by atoms with E-state index in [2.05, 4.69) is 15.6 Å². The van der Waals surface area contributed by atoms with Crippen molar-refractivity contribution < 1.29 is 4.42 Å². The first kappa shape index (κ1) is 5.15. The molecule has 1 N–H and O–H groups in total. The maximum Gasteiger partial charge on any atom is 0.250 e. The second-order valence-corrected chi connectivity index (χ2v) is 1.42. The number of nitrogens with one attached hydrogen (secondary N) is 1. The van der Waals surface area contributed by atoms with Crippen LogP contribution in [0.3, 0.4) is 0 Å². The van der Waals surface area contributed by atoms with E-state index in [0.29, 0.717) is 12.2 Å². The van der Waals surface area contributed by atoms with Gasteiger partial charge in [-0.2, -0.15) is 0 Å². The Morgan fingerprint density at radius 2 is 2.62 bits per heavy atom. The summed E-state index contributed by atoms with van der Waals surface area (Å²) in [6, 6.07) is 0. The van der Waals surface area contributed by atoms with Gasteiger partial charge >= 0.3 is 0 Å². The average Bonchev–Trinajstić information content (AvgIpc) is 2.14. The molecule has 0 bridgehead atoms. The summed E-state index contributed by atoms with van der Waals surface area (Å²) in [5, 5.41) is 0. The molecule has 0 saturated heterocycles. The topological polar surface area (TPSA) is 46.0 Å². The average molecular weight is 112 g/mol. The van der Waals surface area contributed by atoms with E-state index in [-0.39, 0.29) is 0 Å². The molecule has 0 aromatic carbocycles. The van der Waals surface area contributed by atoms with Gasteiger partial charge in [0.15, 0.2) is 0 Å². The summed E-state index contributed by atoms with van der Waals surface area (Å²) in [5.41, 5.74) is 0. The van der Waals surface area contributed by atoms with Crippen LogP contribution in [-0.4, -0.2) is 4.98 Å². The first-order valence-corrected chi connectivity index (χ1v) is 2.42. The van der Waals surface area contributed by atoms with Gasteiger partial charge in [0, 0.05) is 5.76 Å². The molecule has 0 aliphatic heterocycles. The molecule has 0 aliphatic rings. The molecule has 0 radical (unpaired) electrons. The van der Waals surface area contributed by atoms with Crippen molar-refractivity contribution in [2.45, 2.75) is 13.3 Å². The largest absolute Gasteiger partial charge is 0.519 e. The molecule has 0 fully saturated rings. The van der Waals surface area contributed by atoms with Crippen molar-refractivity contribution in [1.29, 1.82) is 0 Å². The van der Waals surface area contributed by atoms with Crippen LogP contribution in [0.2, 0.25) is 0 Å². The van der Waals surface area contributed by atoms with Crippen molar-refractivity contribution in [2.24, 2.45) is 0 Å². The molecular formula is C5H6NO2-. The first-order valence-electron chi connectivity index (χ1n) is 2.42. The molecule has 1 aromatic rings. The summed E-state index contributed by atoms with van der Waals surface area (Å²) < 4.78 is 4.57. The summed E-state index contributed by atoms with van der Waals surface area (Å²) >= 11 is 0. The first-order chi connectivity index (χ1) is 3.83. The van der Waals surface area contributed by atoms with E-state index in [0.717, 1.165) is 0 Å². The maximum atomic E-state index is 10.2. The zero-order valence-corrected chi connectivity index (χ0v) is 4.52. The van der Waals surface area contributed by atoms with Gasteiger partial charge in [-0.15, -0.1) is 6.20 Å². The fourth-order valence-corrected chi connectivity index (χ4v) is 0.444. The molecule has 0 unspecified atom stereocenters. The van der Waals surface area contributed by atoms with Crippen LogP contribution in [0.1, 0.15) is 12.7 Å². The smallest absolute Gasteiger partial charge is 0.250 e. The molecule has 0 atom stereocenters. The van der Waals surface area contributed by atoms with Gasteiger partial charge in [0.2, 0.25) is 0 Å². The van der Waals surface area contributed by atoms with Crippen molar-refractivity contribution in [1.82, 2.24) is 4.98 Å². The highest BCUT2D eigenvalue weighted by atomic mass is 16.4. The fourth-order valence-electron chi connectivity index (χ4n) is 0.444. The summed E-state index contributed by atoms with van der Waals surface area (Å²) in [7, 11) is 0. The maximum absolute atomic E-state index is 10.2. The number of H-pyrrole nitrogens is 1. The predicted octanol–water partition coefficient (Wildman–Crippen LogP) is 0.330. The van der Waals surface area contributed by atoms with Crippen molar-refractivity contribution in [3.8, 4) is 0 Å². The minimum Gasteiger partial charge on any atom is -0.519 e. The third kappa shape index (κ3) is 0.804. The lowest BCUT2D eigenvalue weighted by Gasteiger charge is -1.86. The van der Waals surface area contributed by atoms with E-state index < -0.39 is 5.76 Å². The van der Waals surface area contributed by atoms with Crippen LogP contribution in [0.4, 0.5) is 0 Å². The summed E-state index contributed by atoms with van der Waals surface area (Å²) in [6.07, 6.45) is 3.26. The molecule has 0 amide bonds. The lowest BCUT2D eigenvalue weighted by atomic mass is 10.4. The molecule has 44 valence electrons. The van der Waals surface area contributed by atoms with Crippen LogP contribution in [0.15, 0.2) is 9.21 Å². The Morgan fingerprint density at radius 1 is 1.88 bits per heavy atom. The van der Waals surface area contributed by atoms with Gasteiger partial charge in [-0.05, 0) is 6.42 Å². The van der Waals surface area contributed by atoms with Crippen molar-refractivity contribution in [3.05, 3.63) is 22.5 Å². The highest BCUT2D eigenvalue weighted by molar-refractivity contribution is 4.83. The van der Waals surface area contributed by atoms with Crippen LogP contribution < -0.4 is 5.76 Å². The molecule has 3 heteroatoms. The molecule has 1 heterocycles. The second-order valence-electron chi connectivity index (χ2n) is 1.42. The second kappa shape index (κ2) is 1.86. The molecule has 3 nitrogen and oxygen atoms in total. The van der Waals surface area contributed by atoms with Crippen molar-refractivity contribution in [3.63, 3.8) is 0 Å². The SMILES string of the molecule is CCc1[c-][nH]c(=O)o1. The number of aromatic amines is 1. The van der Waals surface area contributed by atoms with Crippen molar-refractivity contribution in [2.75, 3.05) is 0 Å². The molecular weight excluding hydrogens is 106 g/mol. The van der Waals surface area contributed by atoms with Crippen LogP contribution in [0.25, 0.3) is 0 Å². The minimum absolute atomic E-state index is 0.429. The predicted molar refractivity (Wildman–Crippen MR) is 27.5 cm³/mol. The molecule has 8 heavy (non-hydrogen) atoms. The third-order valence-electron chi connectivity index (χ3n) is 0.841. The monoisotopic (exact) mass is 112 g/mol. The van der Waals surface area contributed by atoms with Gasteiger partial charge < -0.3 is 14.2 Å². The minimum atomic E-state index is -0.429. The van der Waals surface area contributed by atoms with Gasteiger partial charge in [0.05, 0.1) is 0 Å². The molecule has 1 rings (SSSR count). The van der Waals surface area contributed by atoms with Crippen LogP contribution in [0, 0.1) is 6.20 Å². The van der Waals surface area contributed by atoms with E-state index in [9.17, 15) is 4.79 Å². The fraction of sp³-hybridized carbons (Fsp3) is 0.400. The summed E-state index contributed by atoms with van der Waals surface area (Å²) in [5.74, 6) is 0.150. The normalized spacial score (nSPS) is 9.62. The number of rotatable bonds is 1. The van der Waals surface area contributed by atoms with Crippen LogP contribution in [0.5, 0.6) is 0 Å². The Bertz CT molecular complexity index is 210. The standard InChI is InChI=1S/C5H6NO2/c1-2-4-3-6-5(7)8-4/h2H2,1H3,(H,6,7)/q-1. The summed E-state index contributed by atoms with van der Waals surface area (Å²) in [4.78, 5) is 12.5. The number of aryl methyl sites for hydroxylation is 1. The molecule has 0 saturated carbocycles. The number of oxazole rings is 1. The highest BCUT2D eigenvalue weighted by Gasteiger charge is 1.79. The van der Waals surface area contributed by atoms with Gasteiger partial charge in [-0.1, -0.05) is 6.92 Å². The lowest BCUT2D eigenvalue weighted by molar-refractivity contribution is 0.473. The number of aromatic nitrogens is 1. The van der Waals surface area contributed by atoms with Gasteiger partial charge in [-0.25, -0.2) is 0 Å². The summed E-state index contributed by atoms with van der Waals surface area (Å²) in [6.45, 7) is 1.89. The Morgan fingerprint density at radius 3 is 2.88 bits per heavy atom. The zero-order valence-electron chi connectivity index (χ0n) is 4.52. The van der Waals surface area contributed by atoms with E-state index in [1.54, 1.807) is 0 Å². The number of hydrogen-bond donors (Lipinski definition) is 1. The Labute approximate surface area is 46.3 Å². The Hall–Kier alpha value is -0.990. The van der Waals surface area contributed by atoms with Gasteiger partial charge in [0.25, 0.3) is 5.76 Å². The van der Waals surface area contributed by atoms with E-state index in [4.69, 9.17) is 0 Å². The lowest BCUT2D eigenvalue weighted by Crippen LogP contribution is -1.92. The number of hydrogen-bond acceptors (Lipinski definition) is 2. The van der Waals surface area contributed by atoms with Gasteiger partial charge in [-0.3, -0.25) is 0 Å². The third-order valence-corrected chi connectivity index (χ3v) is 0.841. The molecule has 0 spiro atoms. The quantitative estimate of drug-likeness (QED) is 0.532. The van der Waals surface area contributed by atoms with E-state index >= 15 is 0 Å². The Kier molecular flexibility index (Phi) is 1.20. The van der Waals surface area contributed by atoms with E-state index in [1.807, 2.05) is 6.92 Å². The van der Waals surface area contributed by atoms with Crippen LogP contribution >= 0.6 is 0 Å². The molecule has 0 aliphatic carbocycles. The zero-order chi connectivity index (χ0) is 5.98. The Balaban J connectivity index is 3.01. The van der Waals surface area contributed by atoms with E-state index in [1.165, 1.54) is 0 Å².